The van der Waals surface area contributed by atoms with Crippen LogP contribution in [-0.4, -0.2) is 30.3 Å². The van der Waals surface area contributed by atoms with Crippen molar-refractivity contribution in [1.82, 2.24) is 24.3 Å². The molecule has 0 aliphatic carbocycles. The number of rotatable bonds is 3. The average molecular weight is 354 g/mol. The van der Waals surface area contributed by atoms with Crippen molar-refractivity contribution in [2.75, 3.05) is 5.73 Å². The molecular formula is C16H14N6O4. The number of esters is 1. The first kappa shape index (κ1) is 15.8. The third-order valence-electron chi connectivity index (χ3n) is 4.12. The van der Waals surface area contributed by atoms with Crippen molar-refractivity contribution in [3.05, 3.63) is 51.7 Å². The molecule has 0 spiro atoms. The van der Waals surface area contributed by atoms with Crippen LogP contribution in [0.5, 0.6) is 0 Å². The smallest absolute Gasteiger partial charge is 0.346 e. The number of carbonyl (C=O) groups excluding carboxylic acids is 1. The van der Waals surface area contributed by atoms with E-state index in [4.69, 9.17) is 15.0 Å². The van der Waals surface area contributed by atoms with Crippen LogP contribution in [0, 0.1) is 6.92 Å². The summed E-state index contributed by atoms with van der Waals surface area (Å²) in [4.78, 5) is 24.7. The standard InChI is InChI=1S/C16H14N6O4/c1-8-12(13(17)26-20-8)15(24)25-7-11-18-19-16-21(2)14(23)9-5-3-4-6-10(9)22(11)16/h3-6H,7,17H2,1-2H3. The monoisotopic (exact) mass is 354 g/mol. The highest BCUT2D eigenvalue weighted by Crippen LogP contribution is 2.18. The zero-order valence-corrected chi connectivity index (χ0v) is 14.0. The summed E-state index contributed by atoms with van der Waals surface area (Å²) in [6.45, 7) is 1.43. The van der Waals surface area contributed by atoms with Gasteiger partial charge in [-0.05, 0) is 19.1 Å². The van der Waals surface area contributed by atoms with Crippen LogP contribution >= 0.6 is 0 Å². The number of anilines is 1. The van der Waals surface area contributed by atoms with Crippen LogP contribution in [0.2, 0.25) is 0 Å². The van der Waals surface area contributed by atoms with Gasteiger partial charge in [-0.3, -0.25) is 13.8 Å². The Hall–Kier alpha value is -3.69. The van der Waals surface area contributed by atoms with Gasteiger partial charge in [-0.15, -0.1) is 10.2 Å². The summed E-state index contributed by atoms with van der Waals surface area (Å²) in [5, 5.41) is 12.2. The van der Waals surface area contributed by atoms with E-state index in [1.54, 1.807) is 42.6 Å². The quantitative estimate of drug-likeness (QED) is 0.535. The molecule has 132 valence electrons. The Morgan fingerprint density at radius 2 is 2.08 bits per heavy atom. The lowest BCUT2D eigenvalue weighted by Gasteiger charge is -2.08. The largest absolute Gasteiger partial charge is 0.454 e. The number of hydrogen-bond acceptors (Lipinski definition) is 8. The summed E-state index contributed by atoms with van der Waals surface area (Å²) < 4.78 is 13.1. The van der Waals surface area contributed by atoms with E-state index in [0.29, 0.717) is 28.2 Å². The van der Waals surface area contributed by atoms with Gasteiger partial charge in [-0.2, -0.15) is 0 Å². The molecule has 3 heterocycles. The first-order valence-corrected chi connectivity index (χ1v) is 7.69. The molecule has 26 heavy (non-hydrogen) atoms. The Labute approximate surface area is 145 Å². The van der Waals surface area contributed by atoms with Gasteiger partial charge in [0.2, 0.25) is 11.7 Å². The molecule has 2 N–H and O–H groups in total. The third kappa shape index (κ3) is 2.23. The Bertz CT molecular complexity index is 1200. The second-order valence-corrected chi connectivity index (χ2v) is 5.72. The summed E-state index contributed by atoms with van der Waals surface area (Å²) in [6, 6.07) is 7.07. The average Bonchev–Trinajstić information content (AvgIpc) is 3.21. The van der Waals surface area contributed by atoms with Crippen LogP contribution in [0.1, 0.15) is 21.9 Å². The third-order valence-corrected chi connectivity index (χ3v) is 4.12. The highest BCUT2D eigenvalue weighted by atomic mass is 16.5. The SMILES string of the molecule is Cc1noc(N)c1C(=O)OCc1nnc2n(C)c(=O)c3ccccc3n12. The topological polar surface area (TPSA) is 131 Å². The molecule has 0 aliphatic rings. The van der Waals surface area contributed by atoms with Crippen LogP contribution in [0.15, 0.2) is 33.6 Å². The van der Waals surface area contributed by atoms with Gasteiger partial charge in [0, 0.05) is 7.05 Å². The minimum absolute atomic E-state index is 0.0797. The fraction of sp³-hybridized carbons (Fsp3) is 0.188. The Kier molecular flexibility index (Phi) is 3.46. The molecule has 0 amide bonds. The molecule has 0 unspecified atom stereocenters. The molecule has 10 heteroatoms. The zero-order valence-electron chi connectivity index (χ0n) is 14.0. The summed E-state index contributed by atoms with van der Waals surface area (Å²) in [5.74, 6) is -0.0631. The van der Waals surface area contributed by atoms with E-state index in [1.807, 2.05) is 0 Å². The predicted molar refractivity (Wildman–Crippen MR) is 90.5 cm³/mol. The van der Waals surface area contributed by atoms with E-state index < -0.39 is 5.97 Å². The van der Waals surface area contributed by atoms with Crippen LogP contribution < -0.4 is 11.3 Å². The first-order chi connectivity index (χ1) is 12.5. The summed E-state index contributed by atoms with van der Waals surface area (Å²) in [5.41, 5.74) is 6.45. The van der Waals surface area contributed by atoms with Crippen molar-refractivity contribution in [3.8, 4) is 0 Å². The zero-order chi connectivity index (χ0) is 18.4. The molecule has 1 aromatic carbocycles. The predicted octanol–water partition coefficient (Wildman–Crippen LogP) is 0.817. The maximum absolute atomic E-state index is 12.4. The lowest BCUT2D eigenvalue weighted by atomic mass is 10.2. The normalized spacial score (nSPS) is 11.3. The number of fused-ring (bicyclic) bond motifs is 3. The molecular weight excluding hydrogens is 340 g/mol. The van der Waals surface area contributed by atoms with E-state index in [9.17, 15) is 9.59 Å². The van der Waals surface area contributed by atoms with Gasteiger partial charge in [0.1, 0.15) is 5.56 Å². The highest BCUT2D eigenvalue weighted by molar-refractivity contribution is 5.94. The highest BCUT2D eigenvalue weighted by Gasteiger charge is 2.21. The molecule has 4 rings (SSSR count). The van der Waals surface area contributed by atoms with Crippen molar-refractivity contribution in [3.63, 3.8) is 0 Å². The number of para-hydroxylation sites is 1. The number of carbonyl (C=O) groups is 1. The summed E-state index contributed by atoms with van der Waals surface area (Å²) in [6.07, 6.45) is 0. The molecule has 10 nitrogen and oxygen atoms in total. The van der Waals surface area contributed by atoms with Crippen LogP contribution in [-0.2, 0) is 18.4 Å². The fourth-order valence-corrected chi connectivity index (χ4v) is 2.82. The van der Waals surface area contributed by atoms with E-state index in [2.05, 4.69) is 15.4 Å². The van der Waals surface area contributed by atoms with Crippen molar-refractivity contribution < 1.29 is 14.1 Å². The van der Waals surface area contributed by atoms with Gasteiger partial charge >= 0.3 is 5.97 Å². The maximum atomic E-state index is 12.4. The molecule has 0 fully saturated rings. The lowest BCUT2D eigenvalue weighted by Crippen LogP contribution is -2.20. The molecule has 0 aliphatic heterocycles. The van der Waals surface area contributed by atoms with E-state index in [0.717, 1.165) is 0 Å². The number of ether oxygens (including phenoxy) is 1. The molecule has 0 saturated carbocycles. The Morgan fingerprint density at radius 1 is 1.31 bits per heavy atom. The number of aryl methyl sites for hydroxylation is 2. The van der Waals surface area contributed by atoms with Gasteiger partial charge in [-0.25, -0.2) is 4.79 Å². The van der Waals surface area contributed by atoms with Gasteiger partial charge in [0.05, 0.1) is 16.6 Å². The molecule has 3 aromatic heterocycles. The molecule has 4 aromatic rings. The lowest BCUT2D eigenvalue weighted by molar-refractivity contribution is 0.0461. The van der Waals surface area contributed by atoms with E-state index in [1.165, 1.54) is 4.57 Å². The van der Waals surface area contributed by atoms with Crippen molar-refractivity contribution in [1.29, 1.82) is 0 Å². The van der Waals surface area contributed by atoms with E-state index in [-0.39, 0.29) is 23.6 Å². The van der Waals surface area contributed by atoms with Crippen LogP contribution in [0.3, 0.4) is 0 Å². The van der Waals surface area contributed by atoms with E-state index >= 15 is 0 Å². The van der Waals surface area contributed by atoms with Crippen LogP contribution in [0.4, 0.5) is 5.88 Å². The van der Waals surface area contributed by atoms with Gasteiger partial charge < -0.3 is 15.0 Å². The van der Waals surface area contributed by atoms with Crippen LogP contribution in [0.25, 0.3) is 16.7 Å². The maximum Gasteiger partial charge on any atom is 0.346 e. The molecule has 0 radical (unpaired) electrons. The fourth-order valence-electron chi connectivity index (χ4n) is 2.82. The minimum atomic E-state index is -0.674. The number of benzene rings is 1. The Morgan fingerprint density at radius 3 is 2.81 bits per heavy atom. The van der Waals surface area contributed by atoms with Gasteiger partial charge in [0.25, 0.3) is 5.56 Å². The molecule has 0 saturated heterocycles. The molecule has 0 atom stereocenters. The summed E-state index contributed by atoms with van der Waals surface area (Å²) in [7, 11) is 1.61. The van der Waals surface area contributed by atoms with Gasteiger partial charge in [-0.1, -0.05) is 17.3 Å². The summed E-state index contributed by atoms with van der Waals surface area (Å²) >= 11 is 0. The molecule has 0 bridgehead atoms. The van der Waals surface area contributed by atoms with Crippen molar-refractivity contribution >= 4 is 28.5 Å². The number of hydrogen-bond donors (Lipinski definition) is 1. The number of nitrogen functional groups attached to an aromatic ring is 1. The Balaban J connectivity index is 1.76. The second kappa shape index (κ2) is 5.69. The van der Waals surface area contributed by atoms with Gasteiger partial charge in [0.15, 0.2) is 12.4 Å². The van der Waals surface area contributed by atoms with Crippen molar-refractivity contribution in [2.45, 2.75) is 13.5 Å². The number of nitrogens with zero attached hydrogens (tertiary/aromatic N) is 5. The first-order valence-electron chi connectivity index (χ1n) is 7.69. The second-order valence-electron chi connectivity index (χ2n) is 5.72. The number of aromatic nitrogens is 5. The minimum Gasteiger partial charge on any atom is -0.454 e. The number of nitrogens with two attached hydrogens (primary N) is 1. The van der Waals surface area contributed by atoms with Crippen molar-refractivity contribution in [2.24, 2.45) is 7.05 Å².